The lowest BCUT2D eigenvalue weighted by molar-refractivity contribution is -0.394. The zero-order valence-corrected chi connectivity index (χ0v) is 17.2. The van der Waals surface area contributed by atoms with E-state index in [1.165, 1.54) is 13.0 Å². The number of nitrogens with zero attached hydrogens (tertiary/aromatic N) is 2. The Morgan fingerprint density at radius 1 is 1.10 bits per heavy atom. The van der Waals surface area contributed by atoms with Crippen LogP contribution < -0.4 is 16.2 Å². The van der Waals surface area contributed by atoms with Crippen molar-refractivity contribution >= 4 is 40.5 Å². The fourth-order valence-corrected chi connectivity index (χ4v) is 2.69. The Labute approximate surface area is 181 Å². The molecule has 2 aromatic rings. The number of hydrazine groups is 1. The van der Waals surface area contributed by atoms with Crippen LogP contribution in [-0.4, -0.2) is 21.7 Å². The largest absolute Gasteiger partial charge is 0.322 e. The molecule has 0 fully saturated rings. The van der Waals surface area contributed by atoms with Crippen LogP contribution >= 0.6 is 11.6 Å². The summed E-state index contributed by atoms with van der Waals surface area (Å²) in [6.45, 7) is 3.28. The minimum absolute atomic E-state index is 0.00528. The molecule has 0 radical (unpaired) electrons. The lowest BCUT2D eigenvalue weighted by Crippen LogP contribution is -2.37. The third kappa shape index (κ3) is 6.51. The van der Waals surface area contributed by atoms with Gasteiger partial charge >= 0.3 is 0 Å². The van der Waals surface area contributed by atoms with Gasteiger partial charge in [-0.25, -0.2) is 0 Å². The van der Waals surface area contributed by atoms with Crippen LogP contribution in [0.25, 0.3) is 0 Å². The molecular formula is C19H18ClN5O6. The van der Waals surface area contributed by atoms with Crippen LogP contribution in [-0.2, 0) is 16.0 Å². The van der Waals surface area contributed by atoms with Crippen LogP contribution in [0.2, 0.25) is 5.02 Å². The molecule has 2 amide bonds. The minimum atomic E-state index is -0.795. The molecule has 0 aromatic heterocycles. The zero-order chi connectivity index (χ0) is 23.1. The summed E-state index contributed by atoms with van der Waals surface area (Å²) in [5.41, 5.74) is 5.39. The lowest BCUT2D eigenvalue weighted by atomic mass is 10.1. The SMILES string of the molecule is CC(=CC(=O)Nc1cccc(Cl)c1C)NNC(=O)Cc1ccc([N+](=O)[O-])cc1[N+](=O)[O-]. The monoisotopic (exact) mass is 447 g/mol. The molecule has 2 aromatic carbocycles. The van der Waals surface area contributed by atoms with Crippen molar-refractivity contribution in [2.24, 2.45) is 0 Å². The van der Waals surface area contributed by atoms with Crippen LogP contribution in [0.15, 0.2) is 48.2 Å². The quantitative estimate of drug-likeness (QED) is 0.318. The van der Waals surface area contributed by atoms with E-state index in [0.29, 0.717) is 22.0 Å². The van der Waals surface area contributed by atoms with E-state index in [1.54, 1.807) is 25.1 Å². The van der Waals surface area contributed by atoms with Crippen molar-refractivity contribution in [3.63, 3.8) is 0 Å². The molecule has 2 rings (SSSR count). The number of nitro groups is 2. The van der Waals surface area contributed by atoms with Crippen molar-refractivity contribution in [1.82, 2.24) is 10.9 Å². The topological polar surface area (TPSA) is 157 Å². The number of nitrogens with one attached hydrogen (secondary N) is 3. The van der Waals surface area contributed by atoms with E-state index in [9.17, 15) is 29.8 Å². The van der Waals surface area contributed by atoms with Gasteiger partial charge in [0.2, 0.25) is 11.8 Å². The fraction of sp³-hybridized carbons (Fsp3) is 0.158. The number of non-ortho nitro benzene ring substituents is 1. The summed E-state index contributed by atoms with van der Waals surface area (Å²) < 4.78 is 0. The van der Waals surface area contributed by atoms with Gasteiger partial charge in [0, 0.05) is 34.1 Å². The van der Waals surface area contributed by atoms with Crippen molar-refractivity contribution in [2.45, 2.75) is 20.3 Å². The van der Waals surface area contributed by atoms with Crippen molar-refractivity contribution in [1.29, 1.82) is 0 Å². The highest BCUT2D eigenvalue weighted by molar-refractivity contribution is 6.31. The standard InChI is InChI=1S/C19H18ClN5O6/c1-11(8-18(26)21-16-5-3-4-15(20)12(16)2)22-23-19(27)9-13-6-7-14(24(28)29)10-17(13)25(30)31/h3-8,10,22H,9H2,1-2H3,(H,21,26)(H,23,27). The van der Waals surface area contributed by atoms with Crippen LogP contribution in [0, 0.1) is 27.2 Å². The van der Waals surface area contributed by atoms with E-state index >= 15 is 0 Å². The summed E-state index contributed by atoms with van der Waals surface area (Å²) in [4.78, 5) is 44.6. The molecule has 12 heteroatoms. The Morgan fingerprint density at radius 3 is 2.45 bits per heavy atom. The van der Waals surface area contributed by atoms with Crippen LogP contribution in [0.4, 0.5) is 17.1 Å². The summed E-state index contributed by atoms with van der Waals surface area (Å²) in [6, 6.07) is 8.10. The fourth-order valence-electron chi connectivity index (χ4n) is 2.52. The number of allylic oxidation sites excluding steroid dienone is 1. The van der Waals surface area contributed by atoms with Crippen molar-refractivity contribution in [3.8, 4) is 0 Å². The number of halogens is 1. The Bertz CT molecular complexity index is 1090. The molecule has 0 aliphatic carbocycles. The zero-order valence-electron chi connectivity index (χ0n) is 16.5. The Morgan fingerprint density at radius 2 is 1.81 bits per heavy atom. The van der Waals surface area contributed by atoms with Gasteiger partial charge in [-0.2, -0.15) is 0 Å². The van der Waals surface area contributed by atoms with E-state index < -0.39 is 39.5 Å². The minimum Gasteiger partial charge on any atom is -0.322 e. The van der Waals surface area contributed by atoms with Gasteiger partial charge < -0.3 is 10.7 Å². The van der Waals surface area contributed by atoms with Gasteiger partial charge in [0.25, 0.3) is 11.4 Å². The summed E-state index contributed by atoms with van der Waals surface area (Å²) in [6.07, 6.45) is 0.803. The number of amides is 2. The maximum absolute atomic E-state index is 12.1. The first-order chi connectivity index (χ1) is 14.6. The molecule has 0 aliphatic rings. The first-order valence-electron chi connectivity index (χ1n) is 8.79. The molecule has 0 unspecified atom stereocenters. The Balaban J connectivity index is 1.97. The predicted molar refractivity (Wildman–Crippen MR) is 113 cm³/mol. The highest BCUT2D eigenvalue weighted by Gasteiger charge is 2.21. The van der Waals surface area contributed by atoms with Crippen molar-refractivity contribution in [3.05, 3.63) is 84.5 Å². The lowest BCUT2D eigenvalue weighted by Gasteiger charge is -2.10. The smallest absolute Gasteiger partial charge is 0.279 e. The van der Waals surface area contributed by atoms with Gasteiger partial charge in [-0.05, 0) is 37.6 Å². The highest BCUT2D eigenvalue weighted by atomic mass is 35.5. The second kappa shape index (κ2) is 10.2. The maximum Gasteiger partial charge on any atom is 0.279 e. The number of carbonyl (C=O) groups is 2. The first kappa shape index (κ1) is 23.3. The predicted octanol–water partition coefficient (Wildman–Crippen LogP) is 3.17. The Hall–Kier alpha value is -3.99. The number of nitro benzene ring substituents is 2. The van der Waals surface area contributed by atoms with Crippen LogP contribution in [0.1, 0.15) is 18.1 Å². The van der Waals surface area contributed by atoms with Gasteiger partial charge in [-0.15, -0.1) is 0 Å². The van der Waals surface area contributed by atoms with Crippen LogP contribution in [0.5, 0.6) is 0 Å². The number of anilines is 1. The van der Waals surface area contributed by atoms with E-state index in [1.807, 2.05) is 0 Å². The van der Waals surface area contributed by atoms with E-state index in [4.69, 9.17) is 11.6 Å². The van der Waals surface area contributed by atoms with Crippen LogP contribution in [0.3, 0.4) is 0 Å². The number of rotatable bonds is 8. The highest BCUT2D eigenvalue weighted by Crippen LogP contribution is 2.25. The number of hydrogen-bond acceptors (Lipinski definition) is 7. The molecule has 0 spiro atoms. The summed E-state index contributed by atoms with van der Waals surface area (Å²) >= 11 is 6.01. The van der Waals surface area contributed by atoms with Crippen molar-refractivity contribution < 1.29 is 19.4 Å². The normalized spacial score (nSPS) is 10.9. The molecule has 162 valence electrons. The first-order valence-corrected chi connectivity index (χ1v) is 9.17. The van der Waals surface area contributed by atoms with Gasteiger partial charge in [-0.3, -0.25) is 35.2 Å². The molecule has 11 nitrogen and oxygen atoms in total. The van der Waals surface area contributed by atoms with E-state index in [-0.39, 0.29) is 5.56 Å². The molecule has 31 heavy (non-hydrogen) atoms. The number of hydrogen-bond donors (Lipinski definition) is 3. The number of carbonyl (C=O) groups excluding carboxylic acids is 2. The summed E-state index contributed by atoms with van der Waals surface area (Å²) in [5, 5.41) is 25.1. The average molecular weight is 448 g/mol. The molecule has 0 atom stereocenters. The van der Waals surface area contributed by atoms with Crippen molar-refractivity contribution in [2.75, 3.05) is 5.32 Å². The second-order valence-corrected chi connectivity index (χ2v) is 6.81. The third-order valence-corrected chi connectivity index (χ3v) is 4.51. The average Bonchev–Trinajstić information content (AvgIpc) is 2.69. The van der Waals surface area contributed by atoms with E-state index in [0.717, 1.165) is 18.2 Å². The molecule has 0 heterocycles. The van der Waals surface area contributed by atoms with Gasteiger partial charge in [0.05, 0.1) is 22.3 Å². The maximum atomic E-state index is 12.1. The molecule has 3 N–H and O–H groups in total. The molecule has 0 bridgehead atoms. The summed E-state index contributed by atoms with van der Waals surface area (Å²) in [5.74, 6) is -1.11. The van der Waals surface area contributed by atoms with Gasteiger partial charge in [0.15, 0.2) is 0 Å². The molecular weight excluding hydrogens is 430 g/mol. The molecule has 0 saturated carbocycles. The molecule has 0 aliphatic heterocycles. The Kier molecular flexibility index (Phi) is 7.64. The van der Waals surface area contributed by atoms with Gasteiger partial charge in [-0.1, -0.05) is 17.7 Å². The van der Waals surface area contributed by atoms with Gasteiger partial charge in [0.1, 0.15) is 0 Å². The number of benzene rings is 2. The third-order valence-electron chi connectivity index (χ3n) is 4.10. The van der Waals surface area contributed by atoms with E-state index in [2.05, 4.69) is 16.2 Å². The second-order valence-electron chi connectivity index (χ2n) is 6.41. The molecule has 0 saturated heterocycles. The summed E-state index contributed by atoms with van der Waals surface area (Å²) in [7, 11) is 0.